The predicted octanol–water partition coefficient (Wildman–Crippen LogP) is 1.04. The van der Waals surface area contributed by atoms with Crippen molar-refractivity contribution in [3.63, 3.8) is 0 Å². The van der Waals surface area contributed by atoms with Crippen molar-refractivity contribution in [2.24, 2.45) is 0 Å². The fourth-order valence-electron chi connectivity index (χ4n) is 1.74. The minimum atomic E-state index is -3.13. The molecule has 1 amide bonds. The van der Waals surface area contributed by atoms with Crippen molar-refractivity contribution in [2.45, 2.75) is 13.0 Å². The van der Waals surface area contributed by atoms with Gasteiger partial charge in [0, 0.05) is 11.0 Å². The fraction of sp³-hybridized carbons (Fsp3) is 0.250. The first-order chi connectivity index (χ1) is 7.98. The number of benzene rings is 1. The molecule has 5 heteroatoms. The monoisotopic (exact) mass is 251 g/mol. The van der Waals surface area contributed by atoms with Gasteiger partial charge in [0.1, 0.15) is 0 Å². The second-order valence-corrected chi connectivity index (χ2v) is 5.98. The molecule has 1 aromatic rings. The van der Waals surface area contributed by atoms with Crippen LogP contribution < -0.4 is 5.32 Å². The Labute approximate surface area is 100 Å². The van der Waals surface area contributed by atoms with E-state index in [9.17, 15) is 13.2 Å². The molecule has 4 nitrogen and oxygen atoms in total. The zero-order valence-electron chi connectivity index (χ0n) is 9.38. The Morgan fingerprint density at radius 3 is 2.65 bits per heavy atom. The van der Waals surface area contributed by atoms with Crippen LogP contribution in [0.5, 0.6) is 0 Å². The molecule has 1 aliphatic heterocycles. The average Bonchev–Trinajstić information content (AvgIpc) is 2.58. The van der Waals surface area contributed by atoms with Gasteiger partial charge in [-0.3, -0.25) is 4.79 Å². The quantitative estimate of drug-likeness (QED) is 0.854. The third kappa shape index (κ3) is 2.74. The van der Waals surface area contributed by atoms with Crippen LogP contribution in [0.4, 0.5) is 0 Å². The molecule has 0 aromatic heterocycles. The van der Waals surface area contributed by atoms with Gasteiger partial charge in [0.05, 0.1) is 11.8 Å². The minimum Gasteiger partial charge on any atom is -0.345 e. The molecule has 1 aliphatic rings. The number of amides is 1. The minimum absolute atomic E-state index is 0.0510. The van der Waals surface area contributed by atoms with E-state index in [2.05, 4.69) is 5.32 Å². The highest BCUT2D eigenvalue weighted by molar-refractivity contribution is 7.94. The third-order valence-electron chi connectivity index (χ3n) is 2.64. The molecule has 0 bridgehead atoms. The van der Waals surface area contributed by atoms with Crippen LogP contribution in [0, 0.1) is 6.92 Å². The van der Waals surface area contributed by atoms with Gasteiger partial charge in [0.25, 0.3) is 5.91 Å². The first-order valence-electron chi connectivity index (χ1n) is 5.25. The van der Waals surface area contributed by atoms with E-state index in [1.54, 1.807) is 12.1 Å². The summed E-state index contributed by atoms with van der Waals surface area (Å²) in [4.78, 5) is 11.9. The number of sulfone groups is 1. The molecule has 0 fully saturated rings. The molecule has 1 unspecified atom stereocenters. The number of carbonyl (C=O) groups is 1. The topological polar surface area (TPSA) is 63.2 Å². The summed E-state index contributed by atoms with van der Waals surface area (Å²) >= 11 is 0. The van der Waals surface area contributed by atoms with Gasteiger partial charge in [-0.15, -0.1) is 0 Å². The summed E-state index contributed by atoms with van der Waals surface area (Å²) < 4.78 is 22.4. The van der Waals surface area contributed by atoms with Crippen LogP contribution in [0.25, 0.3) is 0 Å². The summed E-state index contributed by atoms with van der Waals surface area (Å²) in [6.07, 6.45) is 1.51. The first-order valence-corrected chi connectivity index (χ1v) is 6.97. The highest BCUT2D eigenvalue weighted by Gasteiger charge is 2.23. The highest BCUT2D eigenvalue weighted by atomic mass is 32.2. The van der Waals surface area contributed by atoms with E-state index in [4.69, 9.17) is 0 Å². The highest BCUT2D eigenvalue weighted by Crippen LogP contribution is 2.11. The Bertz CT molecular complexity index is 575. The molecule has 0 aliphatic carbocycles. The van der Waals surface area contributed by atoms with E-state index < -0.39 is 15.9 Å². The predicted molar refractivity (Wildman–Crippen MR) is 65.4 cm³/mol. The van der Waals surface area contributed by atoms with Gasteiger partial charge in [-0.1, -0.05) is 18.2 Å². The standard InChI is InChI=1S/C12H13NO3S/c1-9-4-2-3-5-11(9)12(14)13-10-6-7-17(15,16)8-10/h2-7,10H,8H2,1H3,(H,13,14). The van der Waals surface area contributed by atoms with E-state index in [0.717, 1.165) is 11.0 Å². The SMILES string of the molecule is Cc1ccccc1C(=O)NC1C=CS(=O)(=O)C1. The Kier molecular flexibility index (Phi) is 3.02. The molecule has 90 valence electrons. The lowest BCUT2D eigenvalue weighted by Crippen LogP contribution is -2.35. The number of hydrogen-bond acceptors (Lipinski definition) is 3. The van der Waals surface area contributed by atoms with E-state index in [-0.39, 0.29) is 11.7 Å². The molecule has 0 saturated heterocycles. The number of hydrogen-bond donors (Lipinski definition) is 1. The van der Waals surface area contributed by atoms with Crippen molar-refractivity contribution in [3.05, 3.63) is 46.9 Å². The van der Waals surface area contributed by atoms with Gasteiger partial charge in [-0.05, 0) is 24.6 Å². The van der Waals surface area contributed by atoms with Crippen LogP contribution in [0.3, 0.4) is 0 Å². The number of carbonyl (C=O) groups excluding carboxylic acids is 1. The lowest BCUT2D eigenvalue weighted by molar-refractivity contribution is 0.0947. The summed E-state index contributed by atoms with van der Waals surface area (Å²) in [6.45, 7) is 1.84. The average molecular weight is 251 g/mol. The van der Waals surface area contributed by atoms with Crippen molar-refractivity contribution in [1.29, 1.82) is 0 Å². The molecule has 1 atom stereocenters. The van der Waals surface area contributed by atoms with Crippen molar-refractivity contribution >= 4 is 15.7 Å². The van der Waals surface area contributed by atoms with Crippen molar-refractivity contribution in [3.8, 4) is 0 Å². The normalized spacial score (nSPS) is 21.4. The number of aryl methyl sites for hydroxylation is 1. The Hall–Kier alpha value is -1.62. The Morgan fingerprint density at radius 1 is 1.35 bits per heavy atom. The van der Waals surface area contributed by atoms with Gasteiger partial charge in [0.15, 0.2) is 9.84 Å². The fourth-order valence-corrected chi connectivity index (χ4v) is 2.97. The van der Waals surface area contributed by atoms with Gasteiger partial charge in [-0.25, -0.2) is 8.42 Å². The molecular weight excluding hydrogens is 238 g/mol. The van der Waals surface area contributed by atoms with E-state index in [1.165, 1.54) is 6.08 Å². The maximum atomic E-state index is 11.9. The van der Waals surface area contributed by atoms with Crippen molar-refractivity contribution < 1.29 is 13.2 Å². The number of rotatable bonds is 2. The van der Waals surface area contributed by atoms with E-state index >= 15 is 0 Å². The molecule has 2 rings (SSSR count). The summed E-state index contributed by atoms with van der Waals surface area (Å²) in [5.74, 6) is -0.292. The van der Waals surface area contributed by atoms with Gasteiger partial charge in [0.2, 0.25) is 0 Å². The van der Waals surface area contributed by atoms with Crippen LogP contribution in [0.2, 0.25) is 0 Å². The molecule has 1 aromatic carbocycles. The molecular formula is C12H13NO3S. The van der Waals surface area contributed by atoms with Crippen molar-refractivity contribution in [1.82, 2.24) is 5.32 Å². The summed E-state index contributed by atoms with van der Waals surface area (Å²) in [6, 6.07) is 6.77. The molecule has 0 radical (unpaired) electrons. The molecule has 1 N–H and O–H groups in total. The Balaban J connectivity index is 2.09. The maximum Gasteiger partial charge on any atom is 0.252 e. The summed E-state index contributed by atoms with van der Waals surface area (Å²) in [5.41, 5.74) is 1.44. The summed E-state index contributed by atoms with van der Waals surface area (Å²) in [5, 5.41) is 3.84. The van der Waals surface area contributed by atoms with E-state index in [1.807, 2.05) is 19.1 Å². The second kappa shape index (κ2) is 4.33. The lowest BCUT2D eigenvalue weighted by Gasteiger charge is -2.11. The zero-order chi connectivity index (χ0) is 12.5. The van der Waals surface area contributed by atoms with Crippen LogP contribution in [0.15, 0.2) is 35.7 Å². The summed E-state index contributed by atoms with van der Waals surface area (Å²) in [7, 11) is -3.13. The van der Waals surface area contributed by atoms with Gasteiger partial charge < -0.3 is 5.32 Å². The first kappa shape index (κ1) is 11.9. The van der Waals surface area contributed by atoms with Crippen molar-refractivity contribution in [2.75, 3.05) is 5.75 Å². The van der Waals surface area contributed by atoms with Crippen LogP contribution in [-0.4, -0.2) is 26.1 Å². The van der Waals surface area contributed by atoms with Gasteiger partial charge in [-0.2, -0.15) is 0 Å². The third-order valence-corrected chi connectivity index (χ3v) is 4.03. The Morgan fingerprint density at radius 2 is 2.06 bits per heavy atom. The number of nitrogens with one attached hydrogen (secondary N) is 1. The van der Waals surface area contributed by atoms with Gasteiger partial charge >= 0.3 is 0 Å². The lowest BCUT2D eigenvalue weighted by atomic mass is 10.1. The van der Waals surface area contributed by atoms with E-state index in [0.29, 0.717) is 5.56 Å². The molecule has 17 heavy (non-hydrogen) atoms. The zero-order valence-corrected chi connectivity index (χ0v) is 10.2. The molecule has 1 heterocycles. The maximum absolute atomic E-state index is 11.9. The molecule has 0 saturated carbocycles. The largest absolute Gasteiger partial charge is 0.345 e. The molecule has 0 spiro atoms. The van der Waals surface area contributed by atoms with Crippen LogP contribution >= 0.6 is 0 Å². The smallest absolute Gasteiger partial charge is 0.252 e. The second-order valence-electron chi connectivity index (χ2n) is 4.05. The van der Waals surface area contributed by atoms with Crippen LogP contribution in [0.1, 0.15) is 15.9 Å². The van der Waals surface area contributed by atoms with Crippen LogP contribution in [-0.2, 0) is 9.84 Å².